The van der Waals surface area contributed by atoms with E-state index in [0.717, 1.165) is 0 Å². The van der Waals surface area contributed by atoms with Gasteiger partial charge in [0.2, 0.25) is 0 Å². The van der Waals surface area contributed by atoms with Crippen molar-refractivity contribution >= 4 is 15.7 Å². The van der Waals surface area contributed by atoms with Gasteiger partial charge in [0, 0.05) is 12.1 Å². The van der Waals surface area contributed by atoms with Crippen LogP contribution in [0.3, 0.4) is 0 Å². The first-order valence-electron chi connectivity index (χ1n) is 7.33. The van der Waals surface area contributed by atoms with Crippen LogP contribution in [-0.4, -0.2) is 36.9 Å². The lowest BCUT2D eigenvalue weighted by atomic mass is 10.2. The van der Waals surface area contributed by atoms with Gasteiger partial charge >= 0.3 is 0 Å². The predicted octanol–water partition coefficient (Wildman–Crippen LogP) is 2.83. The first kappa shape index (κ1) is 18.7. The Morgan fingerprint density at radius 3 is 1.96 bits per heavy atom. The molecule has 0 aliphatic rings. The van der Waals surface area contributed by atoms with Gasteiger partial charge in [0.15, 0.2) is 11.5 Å². The Morgan fingerprint density at radius 2 is 1.40 bits per heavy atom. The van der Waals surface area contributed by atoms with Crippen molar-refractivity contribution in [2.24, 2.45) is 0 Å². The van der Waals surface area contributed by atoms with E-state index in [9.17, 15) is 8.42 Å². The molecular formula is C17H21NO6S. The van der Waals surface area contributed by atoms with E-state index in [1.165, 1.54) is 40.6 Å². The Morgan fingerprint density at radius 1 is 0.800 bits per heavy atom. The smallest absolute Gasteiger partial charge is 0.265 e. The number of nitrogens with one attached hydrogen (secondary N) is 1. The van der Waals surface area contributed by atoms with Gasteiger partial charge in [-0.3, -0.25) is 4.72 Å². The van der Waals surface area contributed by atoms with Crippen molar-refractivity contribution in [2.75, 3.05) is 33.2 Å². The summed E-state index contributed by atoms with van der Waals surface area (Å²) in [5.74, 6) is 1.56. The van der Waals surface area contributed by atoms with E-state index >= 15 is 0 Å². The fraction of sp³-hybridized carbons (Fsp3) is 0.294. The minimum atomic E-state index is -3.91. The molecule has 0 heterocycles. The molecule has 7 nitrogen and oxygen atoms in total. The minimum absolute atomic E-state index is 0.0245. The molecule has 2 rings (SSSR count). The lowest BCUT2D eigenvalue weighted by molar-refractivity contribution is 0.355. The highest BCUT2D eigenvalue weighted by Crippen LogP contribution is 2.35. The highest BCUT2D eigenvalue weighted by Gasteiger charge is 2.22. The summed E-state index contributed by atoms with van der Waals surface area (Å²) < 4.78 is 48.9. The standard InChI is InChI=1S/C17H21NO6S/c1-11-8-15(23-4)16(24-5)10-13(11)18-25(19,20)17-9-12(21-2)6-7-14(17)22-3/h6-10,18H,1-5H3. The number of hydrogen-bond acceptors (Lipinski definition) is 6. The number of anilines is 1. The third-order valence-electron chi connectivity index (χ3n) is 3.64. The highest BCUT2D eigenvalue weighted by molar-refractivity contribution is 7.92. The molecule has 2 aromatic rings. The third kappa shape index (κ3) is 3.90. The summed E-state index contributed by atoms with van der Waals surface area (Å²) in [6.07, 6.45) is 0. The van der Waals surface area contributed by atoms with Crippen LogP contribution in [0, 0.1) is 6.92 Å². The molecule has 0 aliphatic carbocycles. The summed E-state index contributed by atoms with van der Waals surface area (Å²) in [5.41, 5.74) is 1.06. The average molecular weight is 367 g/mol. The van der Waals surface area contributed by atoms with Crippen LogP contribution < -0.4 is 23.7 Å². The molecule has 0 aliphatic heterocycles. The van der Waals surface area contributed by atoms with Crippen LogP contribution in [0.1, 0.15) is 5.56 Å². The molecule has 25 heavy (non-hydrogen) atoms. The van der Waals surface area contributed by atoms with Crippen LogP contribution in [0.4, 0.5) is 5.69 Å². The maximum atomic E-state index is 12.8. The van der Waals surface area contributed by atoms with Crippen molar-refractivity contribution < 1.29 is 27.4 Å². The van der Waals surface area contributed by atoms with Gasteiger partial charge in [0.25, 0.3) is 10.0 Å². The second-order valence-corrected chi connectivity index (χ2v) is 6.80. The first-order valence-corrected chi connectivity index (χ1v) is 8.82. The molecule has 0 spiro atoms. The number of sulfonamides is 1. The summed E-state index contributed by atoms with van der Waals surface area (Å²) in [7, 11) is 1.96. The molecule has 0 fully saturated rings. The number of methoxy groups -OCH3 is 4. The van der Waals surface area contributed by atoms with E-state index in [1.807, 2.05) is 0 Å². The van der Waals surface area contributed by atoms with Crippen LogP contribution in [0.15, 0.2) is 35.2 Å². The van der Waals surface area contributed by atoms with Crippen molar-refractivity contribution in [3.8, 4) is 23.0 Å². The average Bonchev–Trinajstić information content (AvgIpc) is 2.62. The van der Waals surface area contributed by atoms with Crippen molar-refractivity contribution in [2.45, 2.75) is 11.8 Å². The van der Waals surface area contributed by atoms with Gasteiger partial charge in [-0.2, -0.15) is 0 Å². The van der Waals surface area contributed by atoms with Crippen LogP contribution in [0.5, 0.6) is 23.0 Å². The second kappa shape index (κ2) is 7.52. The van der Waals surface area contributed by atoms with Gasteiger partial charge in [-0.25, -0.2) is 8.42 Å². The number of hydrogen-bond donors (Lipinski definition) is 1. The molecule has 0 radical (unpaired) electrons. The maximum absolute atomic E-state index is 12.8. The lowest BCUT2D eigenvalue weighted by Crippen LogP contribution is -2.15. The van der Waals surface area contributed by atoms with E-state index in [1.54, 1.807) is 25.1 Å². The summed E-state index contributed by atoms with van der Waals surface area (Å²) in [6, 6.07) is 7.82. The van der Waals surface area contributed by atoms with E-state index < -0.39 is 10.0 Å². The van der Waals surface area contributed by atoms with Gasteiger partial charge < -0.3 is 18.9 Å². The van der Waals surface area contributed by atoms with Gasteiger partial charge in [-0.15, -0.1) is 0 Å². The Bertz CT molecular complexity index is 864. The highest BCUT2D eigenvalue weighted by atomic mass is 32.2. The van der Waals surface area contributed by atoms with Crippen LogP contribution in [0.2, 0.25) is 0 Å². The first-order chi connectivity index (χ1) is 11.9. The number of ether oxygens (including phenoxy) is 4. The van der Waals surface area contributed by atoms with Crippen LogP contribution in [0.25, 0.3) is 0 Å². The molecule has 0 aromatic heterocycles. The lowest BCUT2D eigenvalue weighted by Gasteiger charge is -2.16. The normalized spacial score (nSPS) is 10.9. The molecule has 2 aromatic carbocycles. The zero-order valence-electron chi connectivity index (χ0n) is 14.7. The van der Waals surface area contributed by atoms with Gasteiger partial charge in [0.1, 0.15) is 16.4 Å². The topological polar surface area (TPSA) is 83.1 Å². The van der Waals surface area contributed by atoms with E-state index in [-0.39, 0.29) is 10.6 Å². The fourth-order valence-corrected chi connectivity index (χ4v) is 3.59. The molecule has 0 atom stereocenters. The molecular weight excluding hydrogens is 346 g/mol. The molecule has 0 amide bonds. The Labute approximate surface area is 147 Å². The third-order valence-corrected chi connectivity index (χ3v) is 5.02. The summed E-state index contributed by atoms with van der Waals surface area (Å²) >= 11 is 0. The van der Waals surface area contributed by atoms with Crippen molar-refractivity contribution in [3.63, 3.8) is 0 Å². The van der Waals surface area contributed by atoms with Gasteiger partial charge in [-0.05, 0) is 30.7 Å². The number of benzene rings is 2. The zero-order chi connectivity index (χ0) is 18.6. The monoisotopic (exact) mass is 367 g/mol. The Balaban J connectivity index is 2.49. The second-order valence-electron chi connectivity index (χ2n) is 5.14. The molecule has 1 N–H and O–H groups in total. The summed E-state index contributed by atoms with van der Waals surface area (Å²) in [4.78, 5) is -0.0245. The van der Waals surface area contributed by atoms with Crippen molar-refractivity contribution in [1.29, 1.82) is 0 Å². The largest absolute Gasteiger partial charge is 0.497 e. The van der Waals surface area contributed by atoms with Gasteiger partial charge in [-0.1, -0.05) is 0 Å². The Hall–Kier alpha value is -2.61. The molecule has 0 unspecified atom stereocenters. The summed E-state index contributed by atoms with van der Waals surface area (Å²) in [6.45, 7) is 1.77. The van der Waals surface area contributed by atoms with E-state index in [2.05, 4.69) is 4.72 Å². The van der Waals surface area contributed by atoms with Crippen molar-refractivity contribution in [3.05, 3.63) is 35.9 Å². The number of rotatable bonds is 7. The molecule has 8 heteroatoms. The molecule has 0 bridgehead atoms. The minimum Gasteiger partial charge on any atom is -0.497 e. The zero-order valence-corrected chi connectivity index (χ0v) is 15.6. The molecule has 136 valence electrons. The van der Waals surface area contributed by atoms with E-state index in [4.69, 9.17) is 18.9 Å². The number of aryl methyl sites for hydroxylation is 1. The van der Waals surface area contributed by atoms with E-state index in [0.29, 0.717) is 28.5 Å². The fourth-order valence-electron chi connectivity index (χ4n) is 2.28. The quantitative estimate of drug-likeness (QED) is 0.810. The molecule has 0 saturated heterocycles. The summed E-state index contributed by atoms with van der Waals surface area (Å²) in [5, 5.41) is 0. The Kier molecular flexibility index (Phi) is 5.63. The predicted molar refractivity (Wildman–Crippen MR) is 94.6 cm³/mol. The maximum Gasteiger partial charge on any atom is 0.265 e. The van der Waals surface area contributed by atoms with Gasteiger partial charge in [0.05, 0.1) is 34.1 Å². The SMILES string of the molecule is COc1ccc(OC)c(S(=O)(=O)Nc2cc(OC)c(OC)cc2C)c1. The van der Waals surface area contributed by atoms with Crippen LogP contribution in [-0.2, 0) is 10.0 Å². The van der Waals surface area contributed by atoms with Crippen LogP contribution >= 0.6 is 0 Å². The van der Waals surface area contributed by atoms with Crippen molar-refractivity contribution in [1.82, 2.24) is 0 Å². The molecule has 0 saturated carbocycles.